The third-order valence-corrected chi connectivity index (χ3v) is 5.81. The predicted molar refractivity (Wildman–Crippen MR) is 121 cm³/mol. The van der Waals surface area contributed by atoms with Gasteiger partial charge < -0.3 is 10.2 Å². The summed E-state index contributed by atoms with van der Waals surface area (Å²) in [5.41, 5.74) is 3.51. The Morgan fingerprint density at radius 3 is 2.48 bits per heavy atom. The number of nitrogens with one attached hydrogen (secondary N) is 1. The SMILES string of the molecule is CCc1c(C(=O)N2CCCC(C(=O)Nc3ccccc3)C2)cnn1Cc1ccccc1. The maximum absolute atomic E-state index is 13.3. The standard InChI is InChI=1S/C25H28N4O2/c1-2-23-22(16-26-29(23)17-19-10-5-3-6-11-19)25(31)28-15-9-12-20(18-28)24(30)27-21-13-7-4-8-14-21/h3-8,10-11,13-14,16,20H,2,9,12,15,17-18H2,1H3,(H,27,30). The van der Waals surface area contributed by atoms with E-state index in [2.05, 4.69) is 22.5 Å². The van der Waals surface area contributed by atoms with E-state index in [4.69, 9.17) is 0 Å². The molecular formula is C25H28N4O2. The molecule has 0 bridgehead atoms. The molecule has 1 unspecified atom stereocenters. The van der Waals surface area contributed by atoms with Gasteiger partial charge in [0.25, 0.3) is 5.91 Å². The van der Waals surface area contributed by atoms with Gasteiger partial charge in [-0.25, -0.2) is 0 Å². The molecule has 6 nitrogen and oxygen atoms in total. The van der Waals surface area contributed by atoms with E-state index in [0.29, 0.717) is 25.2 Å². The van der Waals surface area contributed by atoms with Crippen LogP contribution in [0.1, 0.15) is 41.4 Å². The van der Waals surface area contributed by atoms with E-state index in [1.165, 1.54) is 0 Å². The molecule has 2 heterocycles. The van der Waals surface area contributed by atoms with Crippen LogP contribution in [0.25, 0.3) is 0 Å². The maximum Gasteiger partial charge on any atom is 0.257 e. The molecule has 0 saturated carbocycles. The van der Waals surface area contributed by atoms with Gasteiger partial charge in [-0.2, -0.15) is 5.10 Å². The fraction of sp³-hybridized carbons (Fsp3) is 0.320. The summed E-state index contributed by atoms with van der Waals surface area (Å²) >= 11 is 0. The Hall–Kier alpha value is -3.41. The third kappa shape index (κ3) is 4.85. The first-order valence-corrected chi connectivity index (χ1v) is 10.9. The Labute approximate surface area is 182 Å². The van der Waals surface area contributed by atoms with Gasteiger partial charge in [-0.3, -0.25) is 14.3 Å². The molecular weight excluding hydrogens is 388 g/mol. The molecule has 0 spiro atoms. The van der Waals surface area contributed by atoms with Crippen molar-refractivity contribution in [3.8, 4) is 0 Å². The number of rotatable bonds is 6. The number of carbonyl (C=O) groups excluding carboxylic acids is 2. The number of piperidine rings is 1. The number of likely N-dealkylation sites (tertiary alicyclic amines) is 1. The average Bonchev–Trinajstić information content (AvgIpc) is 3.22. The van der Waals surface area contributed by atoms with Gasteiger partial charge in [-0.05, 0) is 37.0 Å². The Kier molecular flexibility index (Phi) is 6.46. The summed E-state index contributed by atoms with van der Waals surface area (Å²) in [6, 6.07) is 19.6. The number of hydrogen-bond donors (Lipinski definition) is 1. The second kappa shape index (κ2) is 9.60. The smallest absolute Gasteiger partial charge is 0.257 e. The quantitative estimate of drug-likeness (QED) is 0.661. The first-order valence-electron chi connectivity index (χ1n) is 10.9. The van der Waals surface area contributed by atoms with Gasteiger partial charge in [0.15, 0.2) is 0 Å². The van der Waals surface area contributed by atoms with Crippen molar-refractivity contribution in [3.05, 3.63) is 83.7 Å². The zero-order chi connectivity index (χ0) is 21.6. The van der Waals surface area contributed by atoms with Crippen molar-refractivity contribution < 1.29 is 9.59 Å². The number of hydrogen-bond acceptors (Lipinski definition) is 3. The van der Waals surface area contributed by atoms with Crippen LogP contribution in [0.2, 0.25) is 0 Å². The van der Waals surface area contributed by atoms with Crippen LogP contribution in [0.15, 0.2) is 66.9 Å². The fourth-order valence-corrected chi connectivity index (χ4v) is 4.17. The maximum atomic E-state index is 13.3. The number of aromatic nitrogens is 2. The van der Waals surface area contributed by atoms with Crippen LogP contribution in [-0.4, -0.2) is 39.6 Å². The first kappa shape index (κ1) is 20.8. The molecule has 1 saturated heterocycles. The van der Waals surface area contributed by atoms with Crippen molar-refractivity contribution in [2.75, 3.05) is 18.4 Å². The second-order valence-electron chi connectivity index (χ2n) is 7.95. The summed E-state index contributed by atoms with van der Waals surface area (Å²) in [7, 11) is 0. The number of para-hydroxylation sites is 1. The van der Waals surface area contributed by atoms with E-state index < -0.39 is 0 Å². The fourth-order valence-electron chi connectivity index (χ4n) is 4.17. The highest BCUT2D eigenvalue weighted by molar-refractivity contribution is 5.97. The van der Waals surface area contributed by atoms with Crippen LogP contribution < -0.4 is 5.32 Å². The lowest BCUT2D eigenvalue weighted by atomic mass is 9.96. The predicted octanol–water partition coefficient (Wildman–Crippen LogP) is 3.98. The molecule has 31 heavy (non-hydrogen) atoms. The van der Waals surface area contributed by atoms with Crippen LogP contribution in [0.4, 0.5) is 5.69 Å². The minimum absolute atomic E-state index is 0.0285. The summed E-state index contributed by atoms with van der Waals surface area (Å²) in [5, 5.41) is 7.47. The Morgan fingerprint density at radius 1 is 1.06 bits per heavy atom. The van der Waals surface area contributed by atoms with Crippen LogP contribution >= 0.6 is 0 Å². The van der Waals surface area contributed by atoms with Crippen molar-refractivity contribution >= 4 is 17.5 Å². The van der Waals surface area contributed by atoms with Crippen molar-refractivity contribution in [2.45, 2.75) is 32.7 Å². The van der Waals surface area contributed by atoms with Gasteiger partial charge in [-0.15, -0.1) is 0 Å². The average molecular weight is 417 g/mol. The van der Waals surface area contributed by atoms with Gasteiger partial charge in [0.1, 0.15) is 0 Å². The van der Waals surface area contributed by atoms with Crippen LogP contribution in [0.5, 0.6) is 0 Å². The summed E-state index contributed by atoms with van der Waals surface area (Å²) in [6.45, 7) is 3.78. The highest BCUT2D eigenvalue weighted by Crippen LogP contribution is 2.22. The van der Waals surface area contributed by atoms with Crippen LogP contribution in [-0.2, 0) is 17.8 Å². The van der Waals surface area contributed by atoms with Crippen molar-refractivity contribution in [1.82, 2.24) is 14.7 Å². The van der Waals surface area contributed by atoms with E-state index in [1.807, 2.05) is 65.0 Å². The van der Waals surface area contributed by atoms with Gasteiger partial charge >= 0.3 is 0 Å². The minimum Gasteiger partial charge on any atom is -0.338 e. The number of amides is 2. The largest absolute Gasteiger partial charge is 0.338 e. The Bertz CT molecular complexity index is 1030. The molecule has 160 valence electrons. The van der Waals surface area contributed by atoms with E-state index in [9.17, 15) is 9.59 Å². The minimum atomic E-state index is -0.206. The third-order valence-electron chi connectivity index (χ3n) is 5.81. The molecule has 4 rings (SSSR count). The van der Waals surface area contributed by atoms with Crippen molar-refractivity contribution in [1.29, 1.82) is 0 Å². The van der Waals surface area contributed by atoms with Gasteiger partial charge in [0, 0.05) is 18.8 Å². The number of anilines is 1. The molecule has 1 aliphatic rings. The van der Waals surface area contributed by atoms with E-state index in [0.717, 1.165) is 36.2 Å². The van der Waals surface area contributed by atoms with E-state index in [-0.39, 0.29) is 17.7 Å². The van der Waals surface area contributed by atoms with Crippen molar-refractivity contribution in [3.63, 3.8) is 0 Å². The van der Waals surface area contributed by atoms with Gasteiger partial charge in [0.2, 0.25) is 5.91 Å². The topological polar surface area (TPSA) is 67.2 Å². The zero-order valence-corrected chi connectivity index (χ0v) is 17.8. The highest BCUT2D eigenvalue weighted by atomic mass is 16.2. The molecule has 3 aromatic rings. The molecule has 1 fully saturated rings. The molecule has 1 N–H and O–H groups in total. The molecule has 1 atom stereocenters. The van der Waals surface area contributed by atoms with Crippen LogP contribution in [0, 0.1) is 5.92 Å². The van der Waals surface area contributed by atoms with Gasteiger partial charge in [-0.1, -0.05) is 55.5 Å². The monoisotopic (exact) mass is 416 g/mol. The molecule has 0 radical (unpaired) electrons. The molecule has 2 amide bonds. The number of nitrogens with zero attached hydrogens (tertiary/aromatic N) is 3. The lowest BCUT2D eigenvalue weighted by Crippen LogP contribution is -2.44. The highest BCUT2D eigenvalue weighted by Gasteiger charge is 2.30. The summed E-state index contributed by atoms with van der Waals surface area (Å²) in [6.07, 6.45) is 4.01. The molecule has 2 aromatic carbocycles. The summed E-state index contributed by atoms with van der Waals surface area (Å²) < 4.78 is 1.91. The second-order valence-corrected chi connectivity index (χ2v) is 7.95. The van der Waals surface area contributed by atoms with E-state index >= 15 is 0 Å². The molecule has 6 heteroatoms. The lowest BCUT2D eigenvalue weighted by Gasteiger charge is -2.32. The van der Waals surface area contributed by atoms with Gasteiger partial charge in [0.05, 0.1) is 29.9 Å². The summed E-state index contributed by atoms with van der Waals surface area (Å²) in [5.74, 6) is -0.269. The molecule has 1 aromatic heterocycles. The van der Waals surface area contributed by atoms with Crippen molar-refractivity contribution in [2.24, 2.45) is 5.92 Å². The molecule has 1 aliphatic heterocycles. The Balaban J connectivity index is 1.45. The lowest BCUT2D eigenvalue weighted by molar-refractivity contribution is -0.121. The first-order chi connectivity index (χ1) is 15.2. The Morgan fingerprint density at radius 2 is 1.77 bits per heavy atom. The number of benzene rings is 2. The summed E-state index contributed by atoms with van der Waals surface area (Å²) in [4.78, 5) is 27.9. The van der Waals surface area contributed by atoms with Crippen LogP contribution in [0.3, 0.4) is 0 Å². The zero-order valence-electron chi connectivity index (χ0n) is 17.8. The molecule has 0 aliphatic carbocycles. The number of carbonyl (C=O) groups is 2. The normalized spacial score (nSPS) is 16.2. The van der Waals surface area contributed by atoms with E-state index in [1.54, 1.807) is 6.20 Å².